The average Bonchev–Trinajstić information content (AvgIpc) is 3.04. The second-order valence-corrected chi connectivity index (χ2v) is 6.83. The lowest BCUT2D eigenvalue weighted by Gasteiger charge is -2.17. The third-order valence-electron chi connectivity index (χ3n) is 5.04. The Labute approximate surface area is 165 Å². The highest BCUT2D eigenvalue weighted by molar-refractivity contribution is 5.75. The number of hydrogen-bond donors (Lipinski definition) is 1. The van der Waals surface area contributed by atoms with E-state index in [0.717, 1.165) is 11.1 Å². The summed E-state index contributed by atoms with van der Waals surface area (Å²) in [4.78, 5) is 12.3. The van der Waals surface area contributed by atoms with Crippen molar-refractivity contribution in [3.05, 3.63) is 47.5 Å². The molecule has 0 aliphatic carbocycles. The molecule has 1 saturated heterocycles. The van der Waals surface area contributed by atoms with Crippen LogP contribution in [0, 0.1) is 11.8 Å². The van der Waals surface area contributed by atoms with Crippen LogP contribution in [-0.4, -0.2) is 38.5 Å². The van der Waals surface area contributed by atoms with Crippen LogP contribution in [-0.2, 0) is 22.4 Å². The molecule has 1 aliphatic rings. The van der Waals surface area contributed by atoms with Crippen molar-refractivity contribution >= 4 is 5.97 Å². The summed E-state index contributed by atoms with van der Waals surface area (Å²) in [7, 11) is 3.12. The number of rotatable bonds is 8. The minimum absolute atomic E-state index is 0.0648. The first-order chi connectivity index (χ1) is 13.5. The molecule has 0 spiro atoms. The predicted molar refractivity (Wildman–Crippen MR) is 104 cm³/mol. The first-order valence-electron chi connectivity index (χ1n) is 9.38. The van der Waals surface area contributed by atoms with Crippen LogP contribution in [0.3, 0.4) is 0 Å². The van der Waals surface area contributed by atoms with Gasteiger partial charge in [0.2, 0.25) is 0 Å². The second-order valence-electron chi connectivity index (χ2n) is 6.83. The lowest BCUT2D eigenvalue weighted by Crippen LogP contribution is -2.20. The Balaban J connectivity index is 1.75. The van der Waals surface area contributed by atoms with Gasteiger partial charge in [-0.25, -0.2) is 0 Å². The number of carbonyl (C=O) groups is 1. The molecule has 0 amide bonds. The lowest BCUT2D eigenvalue weighted by atomic mass is 9.85. The van der Waals surface area contributed by atoms with Gasteiger partial charge in [0.15, 0.2) is 23.0 Å². The molecule has 150 valence electrons. The number of aromatic hydroxyl groups is 1. The van der Waals surface area contributed by atoms with Crippen LogP contribution in [0.5, 0.6) is 23.0 Å². The van der Waals surface area contributed by atoms with Crippen molar-refractivity contribution in [2.75, 3.05) is 27.4 Å². The van der Waals surface area contributed by atoms with E-state index in [1.165, 1.54) is 7.11 Å². The molecule has 1 fully saturated rings. The summed E-state index contributed by atoms with van der Waals surface area (Å²) in [6, 6.07) is 11.0. The Bertz CT molecular complexity index is 832. The van der Waals surface area contributed by atoms with Gasteiger partial charge in [0.25, 0.3) is 0 Å². The summed E-state index contributed by atoms with van der Waals surface area (Å²) in [6.45, 7) is 2.89. The number of methoxy groups -OCH3 is 2. The van der Waals surface area contributed by atoms with Gasteiger partial charge in [0.1, 0.15) is 0 Å². The zero-order valence-electron chi connectivity index (χ0n) is 16.4. The van der Waals surface area contributed by atoms with Gasteiger partial charge in [-0.15, -0.1) is 0 Å². The summed E-state index contributed by atoms with van der Waals surface area (Å²) in [5.41, 5.74) is 1.99. The van der Waals surface area contributed by atoms with Crippen LogP contribution >= 0.6 is 0 Å². The summed E-state index contributed by atoms with van der Waals surface area (Å²) < 4.78 is 21.5. The Morgan fingerprint density at radius 1 is 1.00 bits per heavy atom. The highest BCUT2D eigenvalue weighted by Crippen LogP contribution is 2.34. The predicted octanol–water partition coefficient (Wildman–Crippen LogP) is 3.38. The van der Waals surface area contributed by atoms with Gasteiger partial charge >= 0.3 is 5.97 Å². The van der Waals surface area contributed by atoms with Gasteiger partial charge < -0.3 is 24.1 Å². The highest BCUT2D eigenvalue weighted by atomic mass is 16.5. The van der Waals surface area contributed by atoms with Crippen LogP contribution < -0.4 is 14.2 Å². The van der Waals surface area contributed by atoms with Crippen LogP contribution in [0.15, 0.2) is 36.4 Å². The quantitative estimate of drug-likeness (QED) is 0.701. The summed E-state index contributed by atoms with van der Waals surface area (Å²) in [5.74, 6) is 1.51. The van der Waals surface area contributed by atoms with E-state index in [1.54, 1.807) is 25.3 Å². The van der Waals surface area contributed by atoms with Crippen LogP contribution in [0.1, 0.15) is 18.1 Å². The Hall–Kier alpha value is -2.89. The molecule has 28 heavy (non-hydrogen) atoms. The number of phenolic OH excluding ortho intramolecular Hbond substituents is 1. The third-order valence-corrected chi connectivity index (χ3v) is 5.04. The zero-order chi connectivity index (χ0) is 20.1. The topological polar surface area (TPSA) is 74.2 Å². The molecule has 2 atom stereocenters. The summed E-state index contributed by atoms with van der Waals surface area (Å²) in [5, 5.41) is 9.77. The van der Waals surface area contributed by atoms with Crippen LogP contribution in [0.4, 0.5) is 0 Å². The Kier molecular flexibility index (Phi) is 6.29. The van der Waals surface area contributed by atoms with Gasteiger partial charge in [0.05, 0.1) is 33.4 Å². The van der Waals surface area contributed by atoms with Crippen molar-refractivity contribution in [2.45, 2.75) is 19.8 Å². The number of benzene rings is 2. The molecule has 6 heteroatoms. The molecule has 1 heterocycles. The van der Waals surface area contributed by atoms with E-state index >= 15 is 0 Å². The fraction of sp³-hybridized carbons (Fsp3) is 0.409. The van der Waals surface area contributed by atoms with E-state index in [9.17, 15) is 9.90 Å². The fourth-order valence-electron chi connectivity index (χ4n) is 3.58. The Morgan fingerprint density at radius 3 is 2.39 bits per heavy atom. The SMILES string of the molecule is CCOc1ccc(C[C@H]2COC(=O)[C@@H]2Cc2ccc(O)c(OC)c2)cc1OC. The first-order valence-corrected chi connectivity index (χ1v) is 9.38. The zero-order valence-corrected chi connectivity index (χ0v) is 16.4. The standard InChI is InChI=1S/C22H26O6/c1-4-27-19-8-6-14(12-21(19)26-3)9-16-13-28-22(24)17(16)10-15-5-7-18(23)20(11-15)25-2/h5-8,11-12,16-17,23H,4,9-10,13H2,1-3H3/t16-,17+/m0/s1. The maximum absolute atomic E-state index is 12.3. The summed E-state index contributed by atoms with van der Waals surface area (Å²) in [6.07, 6.45) is 1.24. The lowest BCUT2D eigenvalue weighted by molar-refractivity contribution is -0.141. The van der Waals surface area contributed by atoms with E-state index in [-0.39, 0.29) is 23.6 Å². The average molecular weight is 386 g/mol. The maximum atomic E-state index is 12.3. The minimum Gasteiger partial charge on any atom is -0.504 e. The normalized spacial score (nSPS) is 18.6. The number of ether oxygens (including phenoxy) is 4. The molecule has 1 N–H and O–H groups in total. The molecule has 3 rings (SSSR count). The largest absolute Gasteiger partial charge is 0.504 e. The number of esters is 1. The molecular weight excluding hydrogens is 360 g/mol. The fourth-order valence-corrected chi connectivity index (χ4v) is 3.58. The third kappa shape index (κ3) is 4.32. The summed E-state index contributed by atoms with van der Waals surface area (Å²) >= 11 is 0. The van der Waals surface area contributed by atoms with E-state index in [4.69, 9.17) is 18.9 Å². The van der Waals surface area contributed by atoms with Crippen molar-refractivity contribution in [2.24, 2.45) is 11.8 Å². The molecule has 0 bridgehead atoms. The van der Waals surface area contributed by atoms with E-state index < -0.39 is 0 Å². The minimum atomic E-state index is -0.244. The smallest absolute Gasteiger partial charge is 0.309 e. The van der Waals surface area contributed by atoms with E-state index in [0.29, 0.717) is 43.3 Å². The number of phenols is 1. The van der Waals surface area contributed by atoms with Crippen LogP contribution in [0.25, 0.3) is 0 Å². The number of carbonyl (C=O) groups excluding carboxylic acids is 1. The molecule has 0 aromatic heterocycles. The van der Waals surface area contributed by atoms with Gasteiger partial charge in [-0.3, -0.25) is 4.79 Å². The molecular formula is C22H26O6. The number of cyclic esters (lactones) is 1. The monoisotopic (exact) mass is 386 g/mol. The second kappa shape index (κ2) is 8.87. The van der Waals surface area contributed by atoms with Crippen molar-refractivity contribution in [3.63, 3.8) is 0 Å². The molecule has 6 nitrogen and oxygen atoms in total. The van der Waals surface area contributed by atoms with Gasteiger partial charge in [-0.1, -0.05) is 12.1 Å². The highest BCUT2D eigenvalue weighted by Gasteiger charge is 2.37. The van der Waals surface area contributed by atoms with Gasteiger partial charge in [-0.2, -0.15) is 0 Å². The number of hydrogen-bond acceptors (Lipinski definition) is 6. The van der Waals surface area contributed by atoms with Gasteiger partial charge in [0, 0.05) is 5.92 Å². The maximum Gasteiger partial charge on any atom is 0.309 e. The van der Waals surface area contributed by atoms with Crippen molar-refractivity contribution in [1.82, 2.24) is 0 Å². The van der Waals surface area contributed by atoms with Crippen LogP contribution in [0.2, 0.25) is 0 Å². The van der Waals surface area contributed by atoms with Crippen molar-refractivity contribution in [3.8, 4) is 23.0 Å². The van der Waals surface area contributed by atoms with Crippen molar-refractivity contribution in [1.29, 1.82) is 0 Å². The Morgan fingerprint density at radius 2 is 1.68 bits per heavy atom. The molecule has 0 saturated carbocycles. The first kappa shape index (κ1) is 19.9. The molecule has 0 radical (unpaired) electrons. The van der Waals surface area contributed by atoms with E-state index in [1.807, 2.05) is 25.1 Å². The van der Waals surface area contributed by atoms with Gasteiger partial charge in [-0.05, 0) is 55.2 Å². The molecule has 2 aromatic rings. The van der Waals surface area contributed by atoms with Crippen molar-refractivity contribution < 1.29 is 28.8 Å². The molecule has 2 aromatic carbocycles. The van der Waals surface area contributed by atoms with E-state index in [2.05, 4.69) is 0 Å². The molecule has 1 aliphatic heterocycles. The molecule has 0 unspecified atom stereocenters.